The van der Waals surface area contributed by atoms with Crippen LogP contribution in [-0.2, 0) is 0 Å². The van der Waals surface area contributed by atoms with Crippen LogP contribution >= 0.6 is 11.6 Å². The molecule has 5 aromatic rings. The Kier molecular flexibility index (Phi) is 4.01. The van der Waals surface area contributed by atoms with E-state index in [1.54, 1.807) is 0 Å². The van der Waals surface area contributed by atoms with Gasteiger partial charge in [0.15, 0.2) is 5.65 Å². The van der Waals surface area contributed by atoms with Crippen molar-refractivity contribution >= 4 is 34.4 Å². The molecule has 2 aromatic heterocycles. The number of benzene rings is 3. The summed E-state index contributed by atoms with van der Waals surface area (Å²) >= 11 is 6.45. The molecule has 31 heavy (non-hydrogen) atoms. The Labute approximate surface area is 184 Å². The molecular formula is C26H17ClN4. The summed E-state index contributed by atoms with van der Waals surface area (Å²) in [6.45, 7) is 1.97. The minimum atomic E-state index is 0.711. The summed E-state index contributed by atoms with van der Waals surface area (Å²) in [6.07, 6.45) is 2.10. The van der Waals surface area contributed by atoms with Crippen LogP contribution in [0.3, 0.4) is 0 Å². The third-order valence-electron chi connectivity index (χ3n) is 5.60. The topological polar surface area (TPSA) is 43.6 Å². The third-order valence-corrected chi connectivity index (χ3v) is 5.95. The lowest BCUT2D eigenvalue weighted by molar-refractivity contribution is 0.878. The van der Waals surface area contributed by atoms with E-state index in [1.165, 1.54) is 0 Å². The van der Waals surface area contributed by atoms with Crippen molar-refractivity contribution in [1.82, 2.24) is 19.7 Å². The minimum Gasteiger partial charge on any atom is -0.240 e. The first-order valence-corrected chi connectivity index (χ1v) is 10.5. The van der Waals surface area contributed by atoms with E-state index in [9.17, 15) is 0 Å². The number of aromatic nitrogens is 4. The molecule has 5 heteroatoms. The molecule has 0 unspecified atom stereocenters. The van der Waals surface area contributed by atoms with Crippen LogP contribution in [0.2, 0.25) is 5.02 Å². The largest absolute Gasteiger partial charge is 0.240 e. The zero-order valence-electron chi connectivity index (χ0n) is 16.7. The molecule has 0 spiro atoms. The van der Waals surface area contributed by atoms with Gasteiger partial charge in [-0.05, 0) is 42.3 Å². The lowest BCUT2D eigenvalue weighted by Crippen LogP contribution is -1.99. The van der Waals surface area contributed by atoms with E-state index in [-0.39, 0.29) is 0 Å². The zero-order valence-corrected chi connectivity index (χ0v) is 17.5. The van der Waals surface area contributed by atoms with E-state index in [1.807, 2.05) is 78.3 Å². The highest BCUT2D eigenvalue weighted by Crippen LogP contribution is 2.44. The van der Waals surface area contributed by atoms with Crippen molar-refractivity contribution in [1.29, 1.82) is 0 Å². The van der Waals surface area contributed by atoms with Crippen molar-refractivity contribution < 1.29 is 0 Å². The lowest BCUT2D eigenvalue weighted by atomic mass is 10.0. The molecule has 0 bridgehead atoms. The zero-order chi connectivity index (χ0) is 20.9. The molecule has 6 rings (SSSR count). The lowest BCUT2D eigenvalue weighted by Gasteiger charge is -2.05. The van der Waals surface area contributed by atoms with Gasteiger partial charge in [0.1, 0.15) is 5.52 Å². The summed E-state index contributed by atoms with van der Waals surface area (Å²) in [5, 5.41) is 5.44. The number of hydrogen-bond donors (Lipinski definition) is 0. The fraction of sp³-hybridized carbons (Fsp3) is 0.0385. The van der Waals surface area contributed by atoms with E-state index in [0.29, 0.717) is 5.02 Å². The van der Waals surface area contributed by atoms with Crippen molar-refractivity contribution in [2.45, 2.75) is 6.92 Å². The second-order valence-corrected chi connectivity index (χ2v) is 7.96. The number of rotatable bonds is 2. The summed E-state index contributed by atoms with van der Waals surface area (Å²) in [5.41, 5.74) is 9.29. The molecule has 0 fully saturated rings. The molecule has 2 heterocycles. The maximum absolute atomic E-state index is 6.45. The normalized spacial score (nSPS) is 13.5. The first-order valence-electron chi connectivity index (χ1n) is 10.1. The number of para-hydroxylation sites is 1. The highest BCUT2D eigenvalue weighted by Gasteiger charge is 2.28. The number of aryl methyl sites for hydroxylation is 1. The Morgan fingerprint density at radius 3 is 2.29 bits per heavy atom. The summed E-state index contributed by atoms with van der Waals surface area (Å²) in [4.78, 5) is 10.1. The summed E-state index contributed by atoms with van der Waals surface area (Å²) in [5.74, 6) is 0. The Hall–Kier alpha value is -3.76. The van der Waals surface area contributed by atoms with Crippen molar-refractivity contribution in [3.63, 3.8) is 0 Å². The van der Waals surface area contributed by atoms with E-state index in [0.717, 1.165) is 56.2 Å². The smallest absolute Gasteiger partial charge is 0.182 e. The molecule has 0 atom stereocenters. The average Bonchev–Trinajstić information content (AvgIpc) is 3.29. The van der Waals surface area contributed by atoms with Crippen LogP contribution in [0.15, 0.2) is 78.9 Å². The van der Waals surface area contributed by atoms with Gasteiger partial charge in [-0.25, -0.2) is 14.6 Å². The van der Waals surface area contributed by atoms with Gasteiger partial charge < -0.3 is 0 Å². The quantitative estimate of drug-likeness (QED) is 0.328. The van der Waals surface area contributed by atoms with Crippen LogP contribution in [0.5, 0.6) is 0 Å². The van der Waals surface area contributed by atoms with Crippen molar-refractivity contribution in [3.8, 4) is 16.9 Å². The van der Waals surface area contributed by atoms with Gasteiger partial charge in [0.2, 0.25) is 0 Å². The highest BCUT2D eigenvalue weighted by atomic mass is 35.5. The average molecular weight is 421 g/mol. The highest BCUT2D eigenvalue weighted by molar-refractivity contribution is 6.32. The van der Waals surface area contributed by atoms with Crippen LogP contribution in [-0.4, -0.2) is 19.7 Å². The molecule has 1 aliphatic carbocycles. The standard InChI is InChI=1S/C26H17ClN4/c1-16-23-26(31(30-16)18-10-3-2-4-11-18)29-24-20-13-7-6-12-19(20)21(25(24)28-23)15-17-9-5-8-14-22(17)27/h2-15H,1H3/b21-15+. The monoisotopic (exact) mass is 420 g/mol. The maximum atomic E-state index is 6.45. The van der Waals surface area contributed by atoms with E-state index in [2.05, 4.69) is 18.2 Å². The van der Waals surface area contributed by atoms with Gasteiger partial charge in [0.25, 0.3) is 0 Å². The SMILES string of the molecule is Cc1nn(-c2ccccc2)c2nc3c(nc12)/C(=C/c1ccccc1Cl)c1ccccc1-3. The van der Waals surface area contributed by atoms with Gasteiger partial charge in [-0.1, -0.05) is 72.3 Å². The first kappa shape index (κ1) is 18.0. The van der Waals surface area contributed by atoms with E-state index in [4.69, 9.17) is 26.7 Å². The molecule has 0 N–H and O–H groups in total. The Morgan fingerprint density at radius 1 is 0.774 bits per heavy atom. The molecular weight excluding hydrogens is 404 g/mol. The van der Waals surface area contributed by atoms with E-state index >= 15 is 0 Å². The number of fused-ring (bicyclic) bond motifs is 4. The molecule has 148 valence electrons. The molecule has 0 radical (unpaired) electrons. The molecule has 4 nitrogen and oxygen atoms in total. The fourth-order valence-corrected chi connectivity index (χ4v) is 4.32. The molecule has 3 aromatic carbocycles. The number of nitrogens with zero attached hydrogens (tertiary/aromatic N) is 4. The van der Waals surface area contributed by atoms with Gasteiger partial charge in [-0.2, -0.15) is 5.10 Å². The molecule has 0 saturated heterocycles. The second-order valence-electron chi connectivity index (χ2n) is 7.55. The summed E-state index contributed by atoms with van der Waals surface area (Å²) in [6, 6.07) is 26.2. The van der Waals surface area contributed by atoms with Crippen LogP contribution in [0.25, 0.3) is 39.8 Å². The first-order chi connectivity index (χ1) is 15.2. The number of halogens is 1. The summed E-state index contributed by atoms with van der Waals surface area (Å²) in [7, 11) is 0. The van der Waals surface area contributed by atoms with Crippen LogP contribution in [0, 0.1) is 6.92 Å². The van der Waals surface area contributed by atoms with Crippen molar-refractivity contribution in [2.75, 3.05) is 0 Å². The van der Waals surface area contributed by atoms with Crippen LogP contribution in [0.4, 0.5) is 0 Å². The van der Waals surface area contributed by atoms with Gasteiger partial charge >= 0.3 is 0 Å². The van der Waals surface area contributed by atoms with Gasteiger partial charge in [-0.3, -0.25) is 0 Å². The molecule has 1 aliphatic rings. The van der Waals surface area contributed by atoms with Crippen molar-refractivity contribution in [2.24, 2.45) is 0 Å². The molecule has 0 amide bonds. The fourth-order valence-electron chi connectivity index (χ4n) is 4.13. The predicted octanol–water partition coefficient (Wildman–Crippen LogP) is 6.35. The Balaban J connectivity index is 1.65. The Morgan fingerprint density at radius 2 is 1.48 bits per heavy atom. The van der Waals surface area contributed by atoms with Gasteiger partial charge in [0, 0.05) is 16.2 Å². The predicted molar refractivity (Wildman–Crippen MR) is 125 cm³/mol. The Bertz CT molecular complexity index is 1500. The third kappa shape index (κ3) is 2.80. The van der Waals surface area contributed by atoms with Gasteiger partial charge in [0.05, 0.1) is 22.8 Å². The number of hydrogen-bond acceptors (Lipinski definition) is 3. The molecule has 0 aliphatic heterocycles. The van der Waals surface area contributed by atoms with E-state index < -0.39 is 0 Å². The van der Waals surface area contributed by atoms with Crippen LogP contribution < -0.4 is 0 Å². The minimum absolute atomic E-state index is 0.711. The molecule has 0 saturated carbocycles. The second kappa shape index (κ2) is 6.89. The van der Waals surface area contributed by atoms with Gasteiger partial charge in [-0.15, -0.1) is 0 Å². The van der Waals surface area contributed by atoms with Crippen LogP contribution in [0.1, 0.15) is 22.5 Å². The summed E-state index contributed by atoms with van der Waals surface area (Å²) < 4.78 is 1.87. The maximum Gasteiger partial charge on any atom is 0.182 e. The van der Waals surface area contributed by atoms with Crippen molar-refractivity contribution in [3.05, 3.63) is 106 Å².